The molecule has 0 bridgehead atoms. The molecule has 0 unspecified atom stereocenters. The fraction of sp³-hybridized carbons (Fsp3) is 0.308. The van der Waals surface area contributed by atoms with Gasteiger partial charge in [-0.15, -0.1) is 0 Å². The molecule has 0 spiro atoms. The summed E-state index contributed by atoms with van der Waals surface area (Å²) < 4.78 is 11.0. The van der Waals surface area contributed by atoms with Gasteiger partial charge in [-0.05, 0) is 30.8 Å². The van der Waals surface area contributed by atoms with Crippen molar-refractivity contribution in [1.82, 2.24) is 10.2 Å². The summed E-state index contributed by atoms with van der Waals surface area (Å²) in [6.45, 7) is 1.81. The second kappa shape index (κ2) is 4.70. The van der Waals surface area contributed by atoms with E-state index in [4.69, 9.17) is 15.2 Å². The molecule has 3 N–H and O–H groups in total. The van der Waals surface area contributed by atoms with E-state index < -0.39 is 0 Å². The first-order valence-corrected chi connectivity index (χ1v) is 6.01. The maximum absolute atomic E-state index is 5.56. The largest absolute Gasteiger partial charge is 0.486 e. The van der Waals surface area contributed by atoms with Crippen LogP contribution in [-0.4, -0.2) is 30.0 Å². The molecule has 0 fully saturated rings. The monoisotopic (exact) mass is 245 g/mol. The number of aromatic nitrogens is 2. The molecule has 0 aliphatic carbocycles. The van der Waals surface area contributed by atoms with Crippen LogP contribution in [0.3, 0.4) is 0 Å². The van der Waals surface area contributed by atoms with Crippen LogP contribution in [0.2, 0.25) is 0 Å². The second-order valence-corrected chi connectivity index (χ2v) is 4.18. The van der Waals surface area contributed by atoms with Crippen molar-refractivity contribution < 1.29 is 9.47 Å². The van der Waals surface area contributed by atoms with E-state index >= 15 is 0 Å². The minimum Gasteiger partial charge on any atom is -0.486 e. The molecule has 1 aromatic carbocycles. The van der Waals surface area contributed by atoms with Crippen LogP contribution in [0.4, 0.5) is 0 Å². The van der Waals surface area contributed by atoms with Crippen LogP contribution in [0.25, 0.3) is 11.3 Å². The Kier molecular flexibility index (Phi) is 2.90. The first-order valence-electron chi connectivity index (χ1n) is 6.01. The molecule has 1 aromatic heterocycles. The number of benzene rings is 1. The smallest absolute Gasteiger partial charge is 0.162 e. The number of hydrogen-bond acceptors (Lipinski definition) is 4. The van der Waals surface area contributed by atoms with E-state index in [0.29, 0.717) is 19.8 Å². The number of fused-ring (bicyclic) bond motifs is 1. The summed E-state index contributed by atoms with van der Waals surface area (Å²) in [7, 11) is 0. The highest BCUT2D eigenvalue weighted by Crippen LogP contribution is 2.33. The number of H-pyrrole nitrogens is 1. The van der Waals surface area contributed by atoms with Gasteiger partial charge in [0.25, 0.3) is 0 Å². The minimum absolute atomic E-state index is 0.593. The van der Waals surface area contributed by atoms with Crippen molar-refractivity contribution in [3.63, 3.8) is 0 Å². The molecule has 0 radical (unpaired) electrons. The molecule has 2 heterocycles. The lowest BCUT2D eigenvalue weighted by Crippen LogP contribution is -2.15. The maximum Gasteiger partial charge on any atom is 0.162 e. The molecule has 94 valence electrons. The van der Waals surface area contributed by atoms with E-state index in [1.165, 1.54) is 0 Å². The van der Waals surface area contributed by atoms with Crippen molar-refractivity contribution in [1.29, 1.82) is 0 Å². The van der Waals surface area contributed by atoms with E-state index in [0.717, 1.165) is 34.9 Å². The van der Waals surface area contributed by atoms with Gasteiger partial charge in [0.05, 0.1) is 5.69 Å². The molecule has 18 heavy (non-hydrogen) atoms. The van der Waals surface area contributed by atoms with E-state index in [1.54, 1.807) is 0 Å². The van der Waals surface area contributed by atoms with E-state index in [9.17, 15) is 0 Å². The number of nitrogens with two attached hydrogens (primary N) is 1. The summed E-state index contributed by atoms with van der Waals surface area (Å²) in [6, 6.07) is 7.87. The molecule has 5 heteroatoms. The third-order valence-corrected chi connectivity index (χ3v) is 2.88. The van der Waals surface area contributed by atoms with Crippen LogP contribution >= 0.6 is 0 Å². The average Bonchev–Trinajstić information content (AvgIpc) is 2.87. The van der Waals surface area contributed by atoms with Crippen molar-refractivity contribution in [2.75, 3.05) is 19.8 Å². The normalized spacial score (nSPS) is 13.6. The average molecular weight is 245 g/mol. The zero-order valence-corrected chi connectivity index (χ0v) is 9.98. The Morgan fingerprint density at radius 2 is 2.00 bits per heavy atom. The number of nitrogens with one attached hydrogen (secondary N) is 1. The fourth-order valence-electron chi connectivity index (χ4n) is 2.00. The lowest BCUT2D eigenvalue weighted by atomic mass is 10.1. The third-order valence-electron chi connectivity index (χ3n) is 2.88. The molecule has 5 nitrogen and oxygen atoms in total. The second-order valence-electron chi connectivity index (χ2n) is 4.18. The molecule has 3 rings (SSSR count). The van der Waals surface area contributed by atoms with E-state index in [1.807, 2.05) is 24.3 Å². The molecule has 0 amide bonds. The van der Waals surface area contributed by atoms with Gasteiger partial charge in [0.2, 0.25) is 0 Å². The minimum atomic E-state index is 0.593. The van der Waals surface area contributed by atoms with Gasteiger partial charge in [-0.3, -0.25) is 5.10 Å². The summed E-state index contributed by atoms with van der Waals surface area (Å²) >= 11 is 0. The quantitative estimate of drug-likeness (QED) is 0.856. The first kappa shape index (κ1) is 11.1. The van der Waals surface area contributed by atoms with Crippen molar-refractivity contribution in [2.45, 2.75) is 6.42 Å². The SMILES string of the molecule is NCCc1cc(-c2ccc3c(c2)OCCO3)n[nH]1. The summed E-state index contributed by atoms with van der Waals surface area (Å²) in [6.07, 6.45) is 0.803. The predicted molar refractivity (Wildman–Crippen MR) is 67.8 cm³/mol. The Hall–Kier alpha value is -2.01. The Balaban J connectivity index is 1.91. The van der Waals surface area contributed by atoms with Crippen LogP contribution in [0.15, 0.2) is 24.3 Å². The molecule has 0 saturated carbocycles. The number of ether oxygens (including phenoxy) is 2. The molecule has 2 aromatic rings. The Morgan fingerprint density at radius 3 is 2.83 bits per heavy atom. The van der Waals surface area contributed by atoms with Gasteiger partial charge in [0, 0.05) is 17.7 Å². The Morgan fingerprint density at radius 1 is 1.17 bits per heavy atom. The van der Waals surface area contributed by atoms with Crippen LogP contribution in [0.1, 0.15) is 5.69 Å². The number of rotatable bonds is 3. The van der Waals surface area contributed by atoms with Crippen molar-refractivity contribution in [3.8, 4) is 22.8 Å². The molecule has 0 saturated heterocycles. The highest BCUT2D eigenvalue weighted by atomic mass is 16.6. The highest BCUT2D eigenvalue weighted by molar-refractivity contribution is 5.64. The summed E-state index contributed by atoms with van der Waals surface area (Å²) in [5.74, 6) is 1.57. The first-order chi connectivity index (χ1) is 8.86. The molecule has 1 aliphatic rings. The summed E-state index contributed by atoms with van der Waals surface area (Å²) in [4.78, 5) is 0. The zero-order valence-electron chi connectivity index (χ0n) is 9.98. The summed E-state index contributed by atoms with van der Waals surface area (Å²) in [5.41, 5.74) is 8.47. The molecular weight excluding hydrogens is 230 g/mol. The van der Waals surface area contributed by atoms with Crippen LogP contribution in [-0.2, 0) is 6.42 Å². The molecule has 1 aliphatic heterocycles. The van der Waals surface area contributed by atoms with Gasteiger partial charge in [0.15, 0.2) is 11.5 Å². The van der Waals surface area contributed by atoms with Crippen molar-refractivity contribution in [2.24, 2.45) is 5.73 Å². The Labute approximate surface area is 105 Å². The molecular formula is C13H15N3O2. The van der Waals surface area contributed by atoms with Gasteiger partial charge >= 0.3 is 0 Å². The van der Waals surface area contributed by atoms with Gasteiger partial charge in [0.1, 0.15) is 13.2 Å². The lowest BCUT2D eigenvalue weighted by Gasteiger charge is -2.18. The van der Waals surface area contributed by atoms with E-state index in [2.05, 4.69) is 10.2 Å². The maximum atomic E-state index is 5.56. The van der Waals surface area contributed by atoms with Gasteiger partial charge in [-0.2, -0.15) is 5.10 Å². The van der Waals surface area contributed by atoms with Crippen LogP contribution in [0.5, 0.6) is 11.5 Å². The Bertz CT molecular complexity index is 551. The van der Waals surface area contributed by atoms with Gasteiger partial charge in [-0.25, -0.2) is 0 Å². The molecule has 0 atom stereocenters. The standard InChI is InChI=1S/C13H15N3O2/c14-4-3-10-8-11(16-15-10)9-1-2-12-13(7-9)18-6-5-17-12/h1-2,7-8H,3-6,14H2,(H,15,16). The fourth-order valence-corrected chi connectivity index (χ4v) is 2.00. The summed E-state index contributed by atoms with van der Waals surface area (Å²) in [5, 5.41) is 7.26. The van der Waals surface area contributed by atoms with Crippen LogP contribution in [0, 0.1) is 0 Å². The number of hydrogen-bond donors (Lipinski definition) is 2. The topological polar surface area (TPSA) is 73.2 Å². The van der Waals surface area contributed by atoms with E-state index in [-0.39, 0.29) is 0 Å². The number of nitrogens with zero attached hydrogens (tertiary/aromatic N) is 1. The highest BCUT2D eigenvalue weighted by Gasteiger charge is 2.13. The van der Waals surface area contributed by atoms with Gasteiger partial charge < -0.3 is 15.2 Å². The number of aromatic amines is 1. The lowest BCUT2D eigenvalue weighted by molar-refractivity contribution is 0.171. The van der Waals surface area contributed by atoms with Crippen molar-refractivity contribution in [3.05, 3.63) is 30.0 Å². The predicted octanol–water partition coefficient (Wildman–Crippen LogP) is 1.35. The van der Waals surface area contributed by atoms with Crippen LogP contribution < -0.4 is 15.2 Å². The van der Waals surface area contributed by atoms with Crippen molar-refractivity contribution >= 4 is 0 Å². The third kappa shape index (κ3) is 2.04. The zero-order chi connectivity index (χ0) is 12.4. The van der Waals surface area contributed by atoms with Gasteiger partial charge in [-0.1, -0.05) is 0 Å².